The maximum atomic E-state index is 13.4. The van der Waals surface area contributed by atoms with E-state index in [-0.39, 0.29) is 10.8 Å². The van der Waals surface area contributed by atoms with Crippen LogP contribution in [0.25, 0.3) is 0 Å². The van der Waals surface area contributed by atoms with Gasteiger partial charge in [-0.3, -0.25) is 4.79 Å². The molecule has 0 amide bonds. The molecule has 0 radical (unpaired) electrons. The molecule has 20 heavy (non-hydrogen) atoms. The van der Waals surface area contributed by atoms with E-state index in [4.69, 9.17) is 5.11 Å². The van der Waals surface area contributed by atoms with Gasteiger partial charge in [-0.25, -0.2) is 12.8 Å². The lowest BCUT2D eigenvalue weighted by molar-refractivity contribution is -0.140. The first-order valence-electron chi connectivity index (χ1n) is 6.20. The van der Waals surface area contributed by atoms with Crippen molar-refractivity contribution in [1.82, 2.24) is 4.72 Å². The lowest BCUT2D eigenvalue weighted by Crippen LogP contribution is -2.44. The summed E-state index contributed by atoms with van der Waals surface area (Å²) in [7, 11) is -4.07. The minimum atomic E-state index is -4.07. The summed E-state index contributed by atoms with van der Waals surface area (Å²) in [6, 6.07) is 2.22. The summed E-state index contributed by atoms with van der Waals surface area (Å²) in [6.45, 7) is 4.91. The molecule has 1 rings (SSSR count). The van der Waals surface area contributed by atoms with Gasteiger partial charge in [0, 0.05) is 0 Å². The molecule has 0 aliphatic rings. The molecular weight excluding hydrogens is 285 g/mol. The second-order valence-electron chi connectivity index (χ2n) is 4.73. The number of carboxylic acid groups (broad SMARTS) is 1. The third-order valence-corrected chi connectivity index (χ3v) is 4.65. The molecule has 1 aromatic carbocycles. The number of aryl methyl sites for hydroxylation is 1. The number of carbonyl (C=O) groups is 1. The molecule has 0 aliphatic heterocycles. The topological polar surface area (TPSA) is 83.5 Å². The summed E-state index contributed by atoms with van der Waals surface area (Å²) in [6.07, 6.45) is 0.502. The zero-order valence-electron chi connectivity index (χ0n) is 11.6. The first-order valence-corrected chi connectivity index (χ1v) is 7.68. The number of carboxylic acids is 1. The van der Waals surface area contributed by atoms with Crippen molar-refractivity contribution in [2.75, 3.05) is 0 Å². The van der Waals surface area contributed by atoms with Crippen LogP contribution in [0.5, 0.6) is 0 Å². The van der Waals surface area contributed by atoms with Crippen molar-refractivity contribution < 1.29 is 22.7 Å². The fourth-order valence-corrected chi connectivity index (χ4v) is 2.93. The van der Waals surface area contributed by atoms with Crippen LogP contribution in [0.4, 0.5) is 4.39 Å². The van der Waals surface area contributed by atoms with Crippen LogP contribution < -0.4 is 4.72 Å². The first kappa shape index (κ1) is 16.6. The molecule has 2 atom stereocenters. The first-order chi connectivity index (χ1) is 9.19. The largest absolute Gasteiger partial charge is 0.480 e. The number of benzene rings is 1. The number of halogens is 1. The van der Waals surface area contributed by atoms with Gasteiger partial charge >= 0.3 is 5.97 Å². The van der Waals surface area contributed by atoms with Crippen LogP contribution in [-0.4, -0.2) is 25.5 Å². The van der Waals surface area contributed by atoms with Crippen LogP contribution in [0.1, 0.15) is 25.8 Å². The average Bonchev–Trinajstić information content (AvgIpc) is 2.38. The molecule has 0 saturated heterocycles. The van der Waals surface area contributed by atoms with E-state index in [1.165, 1.54) is 19.1 Å². The molecular formula is C13H18FNO4S. The Morgan fingerprint density at radius 3 is 2.50 bits per heavy atom. The van der Waals surface area contributed by atoms with Crippen LogP contribution in [-0.2, 0) is 14.8 Å². The van der Waals surface area contributed by atoms with Crippen LogP contribution in [0.3, 0.4) is 0 Å². The van der Waals surface area contributed by atoms with Gasteiger partial charge in [0.2, 0.25) is 10.0 Å². The molecule has 0 bridgehead atoms. The fraction of sp³-hybridized carbons (Fsp3) is 0.462. The molecule has 0 aliphatic carbocycles. The molecule has 0 aromatic heterocycles. The Labute approximate surface area is 117 Å². The SMILES string of the molecule is CCC(C)C(NS(=O)(=O)c1ccc(C)c(F)c1)C(=O)O. The van der Waals surface area contributed by atoms with E-state index in [1.54, 1.807) is 13.8 Å². The minimum Gasteiger partial charge on any atom is -0.480 e. The van der Waals surface area contributed by atoms with Gasteiger partial charge in [0.05, 0.1) is 4.90 Å². The van der Waals surface area contributed by atoms with E-state index in [0.717, 1.165) is 6.07 Å². The smallest absolute Gasteiger partial charge is 0.322 e. The maximum Gasteiger partial charge on any atom is 0.322 e. The number of hydrogen-bond acceptors (Lipinski definition) is 3. The van der Waals surface area contributed by atoms with Crippen molar-refractivity contribution in [3.63, 3.8) is 0 Å². The molecule has 2 N–H and O–H groups in total. The standard InChI is InChI=1S/C13H18FNO4S/c1-4-8(2)12(13(16)17)15-20(18,19)10-6-5-9(3)11(14)7-10/h5-8,12,15H,4H2,1-3H3,(H,16,17). The summed E-state index contributed by atoms with van der Waals surface area (Å²) >= 11 is 0. The Morgan fingerprint density at radius 1 is 1.45 bits per heavy atom. The highest BCUT2D eigenvalue weighted by molar-refractivity contribution is 7.89. The lowest BCUT2D eigenvalue weighted by atomic mass is 10.0. The monoisotopic (exact) mass is 303 g/mol. The molecule has 1 aromatic rings. The minimum absolute atomic E-state index is 0.282. The van der Waals surface area contributed by atoms with Crippen LogP contribution in [0.15, 0.2) is 23.1 Å². The molecule has 2 unspecified atom stereocenters. The van der Waals surface area contributed by atoms with Gasteiger partial charge in [0.15, 0.2) is 0 Å². The number of sulfonamides is 1. The maximum absolute atomic E-state index is 13.4. The van der Waals surface area contributed by atoms with Gasteiger partial charge in [-0.1, -0.05) is 26.3 Å². The molecule has 0 saturated carbocycles. The highest BCUT2D eigenvalue weighted by Crippen LogP contribution is 2.16. The quantitative estimate of drug-likeness (QED) is 0.841. The van der Waals surface area contributed by atoms with E-state index in [1.807, 2.05) is 0 Å². The fourth-order valence-electron chi connectivity index (χ4n) is 1.62. The Balaban J connectivity index is 3.09. The van der Waals surface area contributed by atoms with E-state index < -0.39 is 27.9 Å². The van der Waals surface area contributed by atoms with Gasteiger partial charge < -0.3 is 5.11 Å². The predicted octanol–water partition coefficient (Wildman–Crippen LogP) is 1.91. The summed E-state index contributed by atoms with van der Waals surface area (Å²) in [5.41, 5.74) is 0.320. The second kappa shape index (κ2) is 6.32. The summed E-state index contributed by atoms with van der Waals surface area (Å²) in [4.78, 5) is 10.8. The van der Waals surface area contributed by atoms with Crippen LogP contribution in [0, 0.1) is 18.7 Å². The van der Waals surface area contributed by atoms with E-state index in [0.29, 0.717) is 12.0 Å². The molecule has 0 heterocycles. The zero-order chi connectivity index (χ0) is 15.5. The van der Waals surface area contributed by atoms with E-state index in [9.17, 15) is 17.6 Å². The van der Waals surface area contributed by atoms with Gasteiger partial charge in [-0.2, -0.15) is 4.72 Å². The van der Waals surface area contributed by atoms with Crippen molar-refractivity contribution in [2.45, 2.75) is 38.1 Å². The normalized spacial score (nSPS) is 14.8. The van der Waals surface area contributed by atoms with Crippen LogP contribution in [0.2, 0.25) is 0 Å². The molecule has 5 nitrogen and oxygen atoms in total. The third-order valence-electron chi connectivity index (χ3n) is 3.21. The van der Waals surface area contributed by atoms with Crippen LogP contribution >= 0.6 is 0 Å². The number of nitrogens with one attached hydrogen (secondary N) is 1. The predicted molar refractivity (Wildman–Crippen MR) is 72.3 cm³/mol. The molecule has 112 valence electrons. The average molecular weight is 303 g/mol. The van der Waals surface area contributed by atoms with Crippen molar-refractivity contribution in [3.8, 4) is 0 Å². The number of rotatable bonds is 6. The molecule has 0 fully saturated rings. The summed E-state index contributed by atoms with van der Waals surface area (Å²) in [5.74, 6) is -2.28. The van der Waals surface area contributed by atoms with E-state index in [2.05, 4.69) is 4.72 Å². The van der Waals surface area contributed by atoms with Gasteiger partial charge in [-0.15, -0.1) is 0 Å². The Bertz CT molecular complexity index is 600. The lowest BCUT2D eigenvalue weighted by Gasteiger charge is -2.20. The Hall–Kier alpha value is -1.47. The number of aliphatic carboxylic acids is 1. The molecule has 7 heteroatoms. The highest BCUT2D eigenvalue weighted by atomic mass is 32.2. The van der Waals surface area contributed by atoms with Crippen molar-refractivity contribution in [2.24, 2.45) is 5.92 Å². The summed E-state index contributed by atoms with van der Waals surface area (Å²) < 4.78 is 39.7. The van der Waals surface area contributed by atoms with Crippen molar-refractivity contribution >= 4 is 16.0 Å². The molecule has 0 spiro atoms. The number of hydrogen-bond donors (Lipinski definition) is 2. The zero-order valence-corrected chi connectivity index (χ0v) is 12.4. The third kappa shape index (κ3) is 3.77. The van der Waals surface area contributed by atoms with Crippen molar-refractivity contribution in [1.29, 1.82) is 0 Å². The van der Waals surface area contributed by atoms with Gasteiger partial charge in [0.25, 0.3) is 0 Å². The van der Waals surface area contributed by atoms with E-state index >= 15 is 0 Å². The van der Waals surface area contributed by atoms with Gasteiger partial charge in [0.1, 0.15) is 11.9 Å². The highest BCUT2D eigenvalue weighted by Gasteiger charge is 2.29. The summed E-state index contributed by atoms with van der Waals surface area (Å²) in [5, 5.41) is 9.08. The van der Waals surface area contributed by atoms with Gasteiger partial charge in [-0.05, 0) is 30.5 Å². The second-order valence-corrected chi connectivity index (χ2v) is 6.45. The van der Waals surface area contributed by atoms with Crippen molar-refractivity contribution in [3.05, 3.63) is 29.6 Å². The Kier molecular flexibility index (Phi) is 5.24. The Morgan fingerprint density at radius 2 is 2.05 bits per heavy atom.